The van der Waals surface area contributed by atoms with Crippen LogP contribution < -0.4 is 28.4 Å². The third-order valence-corrected chi connectivity index (χ3v) is 8.04. The lowest BCUT2D eigenvalue weighted by atomic mass is 10.2. The molecule has 0 unspecified atom stereocenters. The number of benzene rings is 2. The Bertz CT molecular complexity index is 1020. The predicted molar refractivity (Wildman–Crippen MR) is 183 cm³/mol. The van der Waals surface area contributed by atoms with Crippen molar-refractivity contribution in [2.75, 3.05) is 39.6 Å². The summed E-state index contributed by atoms with van der Waals surface area (Å²) < 4.78 is 37.2. The van der Waals surface area contributed by atoms with Gasteiger partial charge in [-0.15, -0.1) is 0 Å². The molecule has 256 valence electrons. The number of phenolic OH excluding ortho intramolecular Hbond substituents is 2. The molecule has 0 saturated heterocycles. The van der Waals surface area contributed by atoms with E-state index in [1.54, 1.807) is 0 Å². The van der Waals surface area contributed by atoms with E-state index in [0.29, 0.717) is 72.4 Å². The molecule has 0 spiro atoms. The van der Waals surface area contributed by atoms with Crippen LogP contribution in [0.15, 0.2) is 21.9 Å². The Labute approximate surface area is 276 Å². The third-order valence-electron chi connectivity index (χ3n) is 6.99. The molecule has 0 aromatic heterocycles. The summed E-state index contributed by atoms with van der Waals surface area (Å²) in [4.78, 5) is 1.40. The Hall–Kier alpha value is -2.81. The van der Waals surface area contributed by atoms with Crippen LogP contribution >= 0.6 is 11.8 Å². The second kappa shape index (κ2) is 22.7. The maximum Gasteiger partial charge on any atom is 0.208 e. The van der Waals surface area contributed by atoms with Crippen molar-refractivity contribution in [3.63, 3.8) is 0 Å². The Balaban J connectivity index is 2.77. The third kappa shape index (κ3) is 12.5. The number of unbranched alkanes of at least 4 members (excludes halogenated alkanes) is 6. The van der Waals surface area contributed by atoms with Gasteiger partial charge >= 0.3 is 0 Å². The van der Waals surface area contributed by atoms with Crippen LogP contribution in [0.3, 0.4) is 0 Å². The van der Waals surface area contributed by atoms with Crippen molar-refractivity contribution in [1.29, 1.82) is 0 Å². The Morgan fingerprint density at radius 3 is 0.978 bits per heavy atom. The van der Waals surface area contributed by atoms with Gasteiger partial charge in [-0.2, -0.15) is 0 Å². The van der Waals surface area contributed by atoms with Gasteiger partial charge in [-0.05, 0) is 38.5 Å². The van der Waals surface area contributed by atoms with Crippen molar-refractivity contribution in [3.05, 3.63) is 12.1 Å². The van der Waals surface area contributed by atoms with E-state index in [1.807, 2.05) is 12.1 Å². The molecule has 9 heteroatoms. The van der Waals surface area contributed by atoms with Crippen molar-refractivity contribution >= 4 is 11.8 Å². The molecule has 0 radical (unpaired) electrons. The zero-order valence-corrected chi connectivity index (χ0v) is 29.5. The van der Waals surface area contributed by atoms with Crippen LogP contribution in [0.25, 0.3) is 0 Å². The number of hydrogen-bond acceptors (Lipinski definition) is 9. The van der Waals surface area contributed by atoms with Crippen molar-refractivity contribution < 1.29 is 38.6 Å². The largest absolute Gasteiger partial charge is 0.502 e. The van der Waals surface area contributed by atoms with Gasteiger partial charge in [0.15, 0.2) is 23.0 Å². The molecule has 0 aliphatic carbocycles. The quantitative estimate of drug-likeness (QED) is 0.0964. The van der Waals surface area contributed by atoms with Crippen LogP contribution in [0.5, 0.6) is 46.0 Å². The summed E-state index contributed by atoms with van der Waals surface area (Å²) in [6.07, 6.45) is 10.8. The van der Waals surface area contributed by atoms with E-state index in [0.717, 1.165) is 77.0 Å². The highest BCUT2D eigenvalue weighted by Crippen LogP contribution is 2.56. The topological polar surface area (TPSA) is 95.8 Å². The monoisotopic (exact) mass is 650 g/mol. The summed E-state index contributed by atoms with van der Waals surface area (Å²) in [7, 11) is 0. The van der Waals surface area contributed by atoms with E-state index in [9.17, 15) is 10.2 Å². The lowest BCUT2D eigenvalue weighted by molar-refractivity contribution is 0.235. The normalized spacial score (nSPS) is 11.0. The van der Waals surface area contributed by atoms with Crippen LogP contribution in [-0.4, -0.2) is 49.9 Å². The van der Waals surface area contributed by atoms with Gasteiger partial charge in [0.25, 0.3) is 0 Å². The van der Waals surface area contributed by atoms with Crippen molar-refractivity contribution in [2.45, 2.75) is 128 Å². The van der Waals surface area contributed by atoms with E-state index in [4.69, 9.17) is 28.4 Å². The molecule has 2 aromatic rings. The molecule has 0 heterocycles. The summed E-state index contributed by atoms with van der Waals surface area (Å²) in [5, 5.41) is 22.7. The van der Waals surface area contributed by atoms with E-state index in [-0.39, 0.29) is 23.0 Å². The summed E-state index contributed by atoms with van der Waals surface area (Å²) in [5.74, 6) is 2.03. The van der Waals surface area contributed by atoms with E-state index in [1.165, 1.54) is 11.8 Å². The first-order valence-corrected chi connectivity index (χ1v) is 18.0. The first kappa shape index (κ1) is 38.4. The molecule has 2 aromatic carbocycles. The SMILES string of the molecule is CCCCOc1cc(Sc2cc(OCCCC)c(O)c(OCCCC)c2OCCCC)c(OCCCC)c(OCCCC)c1O. The highest BCUT2D eigenvalue weighted by Gasteiger charge is 2.27. The van der Waals surface area contributed by atoms with Gasteiger partial charge in [-0.3, -0.25) is 0 Å². The number of phenols is 2. The number of aromatic hydroxyl groups is 2. The Morgan fingerprint density at radius 1 is 0.422 bits per heavy atom. The standard InChI is InChI=1S/C36H58O8S/c1-7-13-19-39-27-25-29(33(41-21-15-9-3)35(31(27)37)43-23-17-11-5)45-30-26-28(40-20-14-8-2)32(38)36(44-24-18-12-6)34(30)42-22-16-10-4/h25-26,37-38H,7-24H2,1-6H3. The average molecular weight is 651 g/mol. The molecule has 2 N–H and O–H groups in total. The summed E-state index contributed by atoms with van der Waals surface area (Å²) in [5.41, 5.74) is 0. The Kier molecular flexibility index (Phi) is 19.3. The zero-order chi connectivity index (χ0) is 32.9. The molecule has 0 aliphatic rings. The molecule has 0 bridgehead atoms. The van der Waals surface area contributed by atoms with Crippen LogP contribution in [-0.2, 0) is 0 Å². The average Bonchev–Trinajstić information content (AvgIpc) is 3.03. The van der Waals surface area contributed by atoms with Crippen molar-refractivity contribution in [2.24, 2.45) is 0 Å². The van der Waals surface area contributed by atoms with Crippen molar-refractivity contribution in [1.82, 2.24) is 0 Å². The first-order chi connectivity index (χ1) is 22.0. The number of hydrogen-bond donors (Lipinski definition) is 2. The van der Waals surface area contributed by atoms with E-state index in [2.05, 4.69) is 41.5 Å². The molecule has 0 fully saturated rings. The van der Waals surface area contributed by atoms with Gasteiger partial charge in [0.1, 0.15) is 0 Å². The fraction of sp³-hybridized carbons (Fsp3) is 0.667. The fourth-order valence-corrected chi connectivity index (χ4v) is 5.18. The lowest BCUT2D eigenvalue weighted by Gasteiger charge is -2.22. The second-order valence-electron chi connectivity index (χ2n) is 11.1. The summed E-state index contributed by atoms with van der Waals surface area (Å²) in [6, 6.07) is 3.61. The van der Waals surface area contributed by atoms with Crippen LogP contribution in [0.1, 0.15) is 119 Å². The minimum Gasteiger partial charge on any atom is -0.502 e. The van der Waals surface area contributed by atoms with Crippen LogP contribution in [0.4, 0.5) is 0 Å². The van der Waals surface area contributed by atoms with E-state index >= 15 is 0 Å². The highest BCUT2D eigenvalue weighted by atomic mass is 32.2. The van der Waals surface area contributed by atoms with Gasteiger partial charge in [-0.25, -0.2) is 0 Å². The molecule has 0 aliphatic heterocycles. The van der Waals surface area contributed by atoms with E-state index < -0.39 is 0 Å². The number of ether oxygens (including phenoxy) is 6. The Morgan fingerprint density at radius 2 is 0.689 bits per heavy atom. The lowest BCUT2D eigenvalue weighted by Crippen LogP contribution is -2.07. The molecular formula is C36H58O8S. The predicted octanol–water partition coefficient (Wildman–Crippen LogP) is 10.3. The second-order valence-corrected chi connectivity index (χ2v) is 12.2. The van der Waals surface area contributed by atoms with Gasteiger partial charge in [0.2, 0.25) is 23.0 Å². The minimum atomic E-state index is -0.0599. The molecule has 2 rings (SSSR count). The molecule has 0 saturated carbocycles. The molecule has 0 atom stereocenters. The zero-order valence-electron chi connectivity index (χ0n) is 28.6. The molecule has 0 amide bonds. The first-order valence-electron chi connectivity index (χ1n) is 17.2. The van der Waals surface area contributed by atoms with Gasteiger partial charge in [-0.1, -0.05) is 91.8 Å². The smallest absolute Gasteiger partial charge is 0.208 e. The summed E-state index contributed by atoms with van der Waals surface area (Å²) in [6.45, 7) is 15.3. The van der Waals surface area contributed by atoms with Gasteiger partial charge < -0.3 is 38.6 Å². The molecule has 45 heavy (non-hydrogen) atoms. The summed E-state index contributed by atoms with van der Waals surface area (Å²) >= 11 is 1.40. The van der Waals surface area contributed by atoms with Gasteiger partial charge in [0.05, 0.1) is 49.4 Å². The molecule has 8 nitrogen and oxygen atoms in total. The highest BCUT2D eigenvalue weighted by molar-refractivity contribution is 7.99. The fourth-order valence-electron chi connectivity index (χ4n) is 4.13. The van der Waals surface area contributed by atoms with Crippen molar-refractivity contribution in [3.8, 4) is 46.0 Å². The van der Waals surface area contributed by atoms with Crippen LogP contribution in [0.2, 0.25) is 0 Å². The minimum absolute atomic E-state index is 0.0599. The van der Waals surface area contributed by atoms with Crippen LogP contribution in [0, 0.1) is 0 Å². The maximum atomic E-state index is 11.3. The molecular weight excluding hydrogens is 592 g/mol. The number of rotatable bonds is 26. The van der Waals surface area contributed by atoms with Gasteiger partial charge in [0, 0.05) is 12.1 Å². The maximum absolute atomic E-state index is 11.3.